The predicted octanol–water partition coefficient (Wildman–Crippen LogP) is 2.02. The molecule has 0 saturated carbocycles. The zero-order valence-corrected chi connectivity index (χ0v) is 10.9. The van der Waals surface area contributed by atoms with Gasteiger partial charge >= 0.3 is 0 Å². The van der Waals surface area contributed by atoms with Gasteiger partial charge in [-0.1, -0.05) is 18.2 Å². The SMILES string of the molecule is COc1ccc(C=Cc2oc(CO)cc(=O)c2O)cc1. The van der Waals surface area contributed by atoms with Crippen molar-refractivity contribution >= 4 is 12.2 Å². The quantitative estimate of drug-likeness (QED) is 0.891. The molecule has 2 rings (SSSR count). The average molecular weight is 274 g/mol. The van der Waals surface area contributed by atoms with E-state index in [0.717, 1.165) is 17.4 Å². The van der Waals surface area contributed by atoms with Gasteiger partial charge in [0.15, 0.2) is 5.76 Å². The molecule has 0 atom stereocenters. The molecule has 2 N–H and O–H groups in total. The number of aliphatic hydroxyl groups is 1. The fraction of sp³-hybridized carbons (Fsp3) is 0.133. The van der Waals surface area contributed by atoms with E-state index in [1.54, 1.807) is 25.3 Å². The van der Waals surface area contributed by atoms with Crippen molar-refractivity contribution in [3.8, 4) is 11.5 Å². The lowest BCUT2D eigenvalue weighted by atomic mass is 10.2. The second-order valence-electron chi connectivity index (χ2n) is 4.05. The van der Waals surface area contributed by atoms with Crippen LogP contribution in [-0.4, -0.2) is 17.3 Å². The summed E-state index contributed by atoms with van der Waals surface area (Å²) >= 11 is 0. The number of aliphatic hydroxyl groups excluding tert-OH is 1. The van der Waals surface area contributed by atoms with Crippen LogP contribution in [0.15, 0.2) is 39.5 Å². The van der Waals surface area contributed by atoms with E-state index in [4.69, 9.17) is 14.3 Å². The molecule has 1 heterocycles. The Morgan fingerprint density at radius 2 is 1.95 bits per heavy atom. The first-order valence-electron chi connectivity index (χ1n) is 5.93. The van der Waals surface area contributed by atoms with Crippen molar-refractivity contribution in [3.63, 3.8) is 0 Å². The summed E-state index contributed by atoms with van der Waals surface area (Å²) in [6.45, 7) is -0.404. The number of benzene rings is 1. The van der Waals surface area contributed by atoms with Crippen molar-refractivity contribution in [1.82, 2.24) is 0 Å². The lowest BCUT2D eigenvalue weighted by Gasteiger charge is -2.01. The van der Waals surface area contributed by atoms with Crippen molar-refractivity contribution in [2.75, 3.05) is 7.11 Å². The molecule has 1 aromatic carbocycles. The highest BCUT2D eigenvalue weighted by Crippen LogP contribution is 2.18. The van der Waals surface area contributed by atoms with Gasteiger partial charge in [0.05, 0.1) is 7.11 Å². The van der Waals surface area contributed by atoms with Crippen LogP contribution in [0.3, 0.4) is 0 Å². The standard InChI is InChI=1S/C15H14O5/c1-19-11-5-2-10(3-6-11)4-7-14-15(18)13(17)8-12(9-16)20-14/h2-8,16,18H,9H2,1H3. The summed E-state index contributed by atoms with van der Waals surface area (Å²) in [5, 5.41) is 18.6. The normalized spacial score (nSPS) is 10.9. The molecule has 20 heavy (non-hydrogen) atoms. The largest absolute Gasteiger partial charge is 0.502 e. The van der Waals surface area contributed by atoms with Crippen LogP contribution in [0.25, 0.3) is 12.2 Å². The molecule has 0 fully saturated rings. The van der Waals surface area contributed by atoms with Gasteiger partial charge in [0.2, 0.25) is 11.2 Å². The molecule has 104 valence electrons. The molecule has 0 aliphatic rings. The van der Waals surface area contributed by atoms with Crippen LogP contribution in [0.1, 0.15) is 17.1 Å². The van der Waals surface area contributed by atoms with Gasteiger partial charge < -0.3 is 19.4 Å². The van der Waals surface area contributed by atoms with E-state index in [2.05, 4.69) is 0 Å². The van der Waals surface area contributed by atoms with Gasteiger partial charge in [-0.25, -0.2) is 0 Å². The first-order valence-corrected chi connectivity index (χ1v) is 5.93. The van der Waals surface area contributed by atoms with Crippen molar-refractivity contribution in [2.45, 2.75) is 6.61 Å². The Morgan fingerprint density at radius 1 is 1.25 bits per heavy atom. The second-order valence-corrected chi connectivity index (χ2v) is 4.05. The summed E-state index contributed by atoms with van der Waals surface area (Å²) in [6, 6.07) is 8.28. The first-order chi connectivity index (χ1) is 9.63. The Bertz CT molecular complexity index is 668. The van der Waals surface area contributed by atoms with Crippen molar-refractivity contribution in [2.24, 2.45) is 0 Å². The molecule has 2 aromatic rings. The zero-order chi connectivity index (χ0) is 14.5. The minimum atomic E-state index is -0.588. The van der Waals surface area contributed by atoms with Crippen molar-refractivity contribution in [1.29, 1.82) is 0 Å². The van der Waals surface area contributed by atoms with Crippen molar-refractivity contribution in [3.05, 3.63) is 57.6 Å². The van der Waals surface area contributed by atoms with Crippen LogP contribution in [0.2, 0.25) is 0 Å². The monoisotopic (exact) mass is 274 g/mol. The van der Waals surface area contributed by atoms with Crippen LogP contribution >= 0.6 is 0 Å². The Morgan fingerprint density at radius 3 is 2.55 bits per heavy atom. The van der Waals surface area contributed by atoms with Crippen LogP contribution in [-0.2, 0) is 6.61 Å². The summed E-state index contributed by atoms with van der Waals surface area (Å²) < 4.78 is 10.2. The van der Waals surface area contributed by atoms with E-state index in [1.807, 2.05) is 12.1 Å². The number of rotatable bonds is 4. The Kier molecular flexibility index (Phi) is 4.22. The van der Waals surface area contributed by atoms with E-state index in [0.29, 0.717) is 0 Å². The Balaban J connectivity index is 2.30. The van der Waals surface area contributed by atoms with Gasteiger partial charge in [-0.15, -0.1) is 0 Å². The zero-order valence-electron chi connectivity index (χ0n) is 10.9. The van der Waals surface area contributed by atoms with E-state index < -0.39 is 17.8 Å². The third-order valence-corrected chi connectivity index (χ3v) is 2.70. The maximum absolute atomic E-state index is 11.4. The number of aromatic hydroxyl groups is 1. The highest BCUT2D eigenvalue weighted by Gasteiger charge is 2.07. The van der Waals surface area contributed by atoms with Crippen molar-refractivity contribution < 1.29 is 19.4 Å². The number of hydrogen-bond donors (Lipinski definition) is 2. The molecule has 5 nitrogen and oxygen atoms in total. The van der Waals surface area contributed by atoms with Crippen LogP contribution < -0.4 is 10.2 Å². The van der Waals surface area contributed by atoms with Crippen LogP contribution in [0.4, 0.5) is 0 Å². The summed E-state index contributed by atoms with van der Waals surface area (Å²) in [4.78, 5) is 11.4. The van der Waals surface area contributed by atoms with E-state index in [1.165, 1.54) is 6.08 Å². The number of methoxy groups -OCH3 is 1. The van der Waals surface area contributed by atoms with E-state index >= 15 is 0 Å². The fourth-order valence-electron chi connectivity index (χ4n) is 1.63. The minimum Gasteiger partial charge on any atom is -0.502 e. The van der Waals surface area contributed by atoms with Gasteiger partial charge in [0.25, 0.3) is 0 Å². The number of hydrogen-bond acceptors (Lipinski definition) is 5. The molecule has 0 unspecified atom stereocenters. The highest BCUT2D eigenvalue weighted by atomic mass is 16.5. The Labute approximate surface area is 115 Å². The van der Waals surface area contributed by atoms with Crippen LogP contribution in [0, 0.1) is 0 Å². The maximum Gasteiger partial charge on any atom is 0.227 e. The first kappa shape index (κ1) is 13.9. The van der Waals surface area contributed by atoms with E-state index in [-0.39, 0.29) is 11.5 Å². The summed E-state index contributed by atoms with van der Waals surface area (Å²) in [6.07, 6.45) is 3.15. The van der Waals surface area contributed by atoms with E-state index in [9.17, 15) is 9.90 Å². The number of ether oxygens (including phenoxy) is 1. The van der Waals surface area contributed by atoms with Crippen LogP contribution in [0.5, 0.6) is 11.5 Å². The highest BCUT2D eigenvalue weighted by molar-refractivity contribution is 5.69. The molecule has 0 spiro atoms. The molecule has 1 aromatic heterocycles. The molecule has 0 aliphatic carbocycles. The lowest BCUT2D eigenvalue weighted by Crippen LogP contribution is -2.02. The van der Waals surface area contributed by atoms with Gasteiger partial charge in [0, 0.05) is 6.07 Å². The molecule has 0 bridgehead atoms. The predicted molar refractivity (Wildman–Crippen MR) is 74.5 cm³/mol. The molecular weight excluding hydrogens is 260 g/mol. The van der Waals surface area contributed by atoms with Gasteiger partial charge in [0.1, 0.15) is 18.1 Å². The van der Waals surface area contributed by atoms with Gasteiger partial charge in [-0.2, -0.15) is 0 Å². The topological polar surface area (TPSA) is 79.9 Å². The second kappa shape index (κ2) is 6.08. The summed E-state index contributed by atoms with van der Waals surface area (Å²) in [5.74, 6) is 0.366. The summed E-state index contributed by atoms with van der Waals surface area (Å²) in [5.41, 5.74) is 0.261. The molecule has 5 heteroatoms. The van der Waals surface area contributed by atoms with Gasteiger partial charge in [-0.05, 0) is 23.8 Å². The van der Waals surface area contributed by atoms with Gasteiger partial charge in [-0.3, -0.25) is 4.79 Å². The lowest BCUT2D eigenvalue weighted by molar-refractivity contribution is 0.240. The Hall–Kier alpha value is -2.53. The average Bonchev–Trinajstić information content (AvgIpc) is 2.49. The summed E-state index contributed by atoms with van der Waals surface area (Å²) in [7, 11) is 1.58. The third-order valence-electron chi connectivity index (χ3n) is 2.70. The smallest absolute Gasteiger partial charge is 0.227 e. The molecule has 0 amide bonds. The molecular formula is C15H14O5. The molecule has 0 aliphatic heterocycles. The fourth-order valence-corrected chi connectivity index (χ4v) is 1.63. The molecule has 0 radical (unpaired) electrons. The minimum absolute atomic E-state index is 0.0115. The molecule has 0 saturated heterocycles. The maximum atomic E-state index is 11.4. The third kappa shape index (κ3) is 3.07.